The van der Waals surface area contributed by atoms with Gasteiger partial charge in [0.1, 0.15) is 8.24 Å². The molecule has 0 bridgehead atoms. The lowest BCUT2D eigenvalue weighted by Gasteiger charge is -2.34. The second kappa shape index (κ2) is 3.61. The van der Waals surface area contributed by atoms with E-state index in [4.69, 9.17) is 0 Å². The van der Waals surface area contributed by atoms with Crippen molar-refractivity contribution in [2.24, 2.45) is 0 Å². The summed E-state index contributed by atoms with van der Waals surface area (Å²) >= 11 is 0. The van der Waals surface area contributed by atoms with E-state index in [2.05, 4.69) is 43.4 Å². The molecule has 0 spiro atoms. The van der Waals surface area contributed by atoms with Gasteiger partial charge in [-0.3, -0.25) is 9.68 Å². The van der Waals surface area contributed by atoms with Crippen molar-refractivity contribution in [1.29, 1.82) is 0 Å². The minimum Gasteiger partial charge on any atom is -0.267 e. The van der Waals surface area contributed by atoms with E-state index < -0.39 is 8.24 Å². The van der Waals surface area contributed by atoms with Crippen LogP contribution in [0.25, 0.3) is 0 Å². The van der Waals surface area contributed by atoms with Crippen LogP contribution in [0, 0.1) is 0 Å². The van der Waals surface area contributed by atoms with Gasteiger partial charge in [0.05, 0.1) is 0 Å². The molecule has 1 rings (SSSR count). The maximum atomic E-state index is 2.57. The van der Waals surface area contributed by atoms with Crippen molar-refractivity contribution in [3.63, 3.8) is 0 Å². The fraction of sp³-hybridized carbons (Fsp3) is 1.00. The van der Waals surface area contributed by atoms with Gasteiger partial charge in [0.2, 0.25) is 0 Å². The molecule has 1 aliphatic heterocycles. The average Bonchev–Trinajstić information content (AvgIpc) is 2.16. The first kappa shape index (κ1) is 10.4. The zero-order valence-electron chi connectivity index (χ0n) is 9.09. The third kappa shape index (κ3) is 1.99. The molecule has 72 valence electrons. The highest BCUT2D eigenvalue weighted by Crippen LogP contribution is 2.27. The first-order chi connectivity index (χ1) is 5.46. The Bertz CT molecular complexity index is 163. The molecule has 0 N–H and O–H groups in total. The van der Waals surface area contributed by atoms with Crippen LogP contribution in [0.5, 0.6) is 0 Å². The van der Waals surface area contributed by atoms with Crippen LogP contribution < -0.4 is 0 Å². The Morgan fingerprint density at radius 3 is 2.25 bits per heavy atom. The SMILES string of the molecule is CN1CC[Si](C)(C[SiH](C)C)N1C. The predicted molar refractivity (Wildman–Crippen MR) is 60.5 cm³/mol. The Kier molecular flexibility index (Phi) is 3.14. The number of rotatable bonds is 2. The van der Waals surface area contributed by atoms with E-state index in [0.29, 0.717) is 0 Å². The molecule has 0 aromatic carbocycles. The van der Waals surface area contributed by atoms with E-state index in [9.17, 15) is 0 Å². The third-order valence-electron chi connectivity index (χ3n) is 3.12. The van der Waals surface area contributed by atoms with Gasteiger partial charge in [-0.15, -0.1) is 0 Å². The van der Waals surface area contributed by atoms with Gasteiger partial charge in [-0.2, -0.15) is 0 Å². The van der Waals surface area contributed by atoms with Gasteiger partial charge in [-0.25, -0.2) is 0 Å². The van der Waals surface area contributed by atoms with Crippen molar-refractivity contribution < 1.29 is 0 Å². The van der Waals surface area contributed by atoms with Crippen molar-refractivity contribution in [2.45, 2.75) is 31.4 Å². The third-order valence-corrected chi connectivity index (χ3v) is 13.1. The maximum Gasteiger partial charge on any atom is 0.141 e. The summed E-state index contributed by atoms with van der Waals surface area (Å²) in [5.41, 5.74) is 1.58. The Hall–Kier alpha value is 0.354. The molecule has 0 aromatic heterocycles. The van der Waals surface area contributed by atoms with E-state index in [-0.39, 0.29) is 8.80 Å². The van der Waals surface area contributed by atoms with Gasteiger partial charge in [0, 0.05) is 22.4 Å². The van der Waals surface area contributed by atoms with Crippen molar-refractivity contribution in [3.05, 3.63) is 0 Å². The summed E-state index contributed by atoms with van der Waals surface area (Å²) in [4.78, 5) is 0. The van der Waals surface area contributed by atoms with Gasteiger partial charge in [0.15, 0.2) is 0 Å². The molecule has 1 atom stereocenters. The average molecular weight is 202 g/mol. The fourth-order valence-electron chi connectivity index (χ4n) is 2.24. The van der Waals surface area contributed by atoms with E-state index in [0.717, 1.165) is 0 Å². The van der Waals surface area contributed by atoms with Gasteiger partial charge < -0.3 is 0 Å². The molecule has 0 radical (unpaired) electrons. The van der Waals surface area contributed by atoms with Crippen molar-refractivity contribution in [1.82, 2.24) is 9.68 Å². The fourth-order valence-corrected chi connectivity index (χ4v) is 13.2. The van der Waals surface area contributed by atoms with Crippen LogP contribution in [0.2, 0.25) is 31.4 Å². The van der Waals surface area contributed by atoms with Crippen LogP contribution in [0.15, 0.2) is 0 Å². The smallest absolute Gasteiger partial charge is 0.141 e. The van der Waals surface area contributed by atoms with Crippen molar-refractivity contribution >= 4 is 17.0 Å². The van der Waals surface area contributed by atoms with Gasteiger partial charge in [-0.05, 0) is 13.1 Å². The van der Waals surface area contributed by atoms with Crippen LogP contribution >= 0.6 is 0 Å². The second-order valence-electron chi connectivity index (χ2n) is 4.75. The number of nitrogens with zero attached hydrogens (tertiary/aromatic N) is 2. The lowest BCUT2D eigenvalue weighted by Crippen LogP contribution is -2.49. The molecular formula is C8H22N2Si2. The number of hydrogen-bond donors (Lipinski definition) is 0. The minimum atomic E-state index is -0.995. The van der Waals surface area contributed by atoms with E-state index >= 15 is 0 Å². The summed E-state index contributed by atoms with van der Waals surface area (Å²) in [5, 5.41) is 2.41. The van der Waals surface area contributed by atoms with Crippen LogP contribution in [0.3, 0.4) is 0 Å². The van der Waals surface area contributed by atoms with Crippen LogP contribution in [-0.2, 0) is 0 Å². The molecule has 0 saturated carbocycles. The zero-order chi connectivity index (χ0) is 9.35. The van der Waals surface area contributed by atoms with Gasteiger partial charge >= 0.3 is 0 Å². The summed E-state index contributed by atoms with van der Waals surface area (Å²) in [7, 11) is 3.15. The lowest BCUT2D eigenvalue weighted by molar-refractivity contribution is 0.146. The van der Waals surface area contributed by atoms with E-state index in [1.807, 2.05) is 0 Å². The first-order valence-electron chi connectivity index (χ1n) is 4.90. The van der Waals surface area contributed by atoms with Crippen LogP contribution in [0.1, 0.15) is 0 Å². The van der Waals surface area contributed by atoms with Gasteiger partial charge in [-0.1, -0.05) is 25.3 Å². The van der Waals surface area contributed by atoms with Crippen molar-refractivity contribution in [2.75, 3.05) is 20.6 Å². The Morgan fingerprint density at radius 1 is 1.33 bits per heavy atom. The molecule has 2 nitrogen and oxygen atoms in total. The molecular weight excluding hydrogens is 180 g/mol. The molecule has 4 heteroatoms. The van der Waals surface area contributed by atoms with Gasteiger partial charge in [0.25, 0.3) is 0 Å². The minimum absolute atomic E-state index is 0.363. The molecule has 0 aromatic rings. The monoisotopic (exact) mass is 202 g/mol. The van der Waals surface area contributed by atoms with E-state index in [1.54, 1.807) is 5.67 Å². The second-order valence-corrected chi connectivity index (χ2v) is 13.3. The summed E-state index contributed by atoms with van der Waals surface area (Å²) < 4.78 is 2.57. The Balaban J connectivity index is 2.59. The quantitative estimate of drug-likeness (QED) is 0.624. The molecule has 1 fully saturated rings. The number of hydrogen-bond acceptors (Lipinski definition) is 2. The van der Waals surface area contributed by atoms with Crippen LogP contribution in [-0.4, -0.2) is 47.4 Å². The first-order valence-corrected chi connectivity index (χ1v) is 10.9. The molecule has 0 amide bonds. The molecule has 1 unspecified atom stereocenters. The number of hydrazine groups is 1. The topological polar surface area (TPSA) is 6.48 Å². The summed E-state index contributed by atoms with van der Waals surface area (Å²) in [6, 6.07) is 1.48. The lowest BCUT2D eigenvalue weighted by atomic mass is 10.7. The normalized spacial score (nSPS) is 33.5. The largest absolute Gasteiger partial charge is 0.267 e. The molecule has 1 heterocycles. The van der Waals surface area contributed by atoms with Crippen LogP contribution in [0.4, 0.5) is 0 Å². The predicted octanol–water partition coefficient (Wildman–Crippen LogP) is 1.38. The summed E-state index contributed by atoms with van der Waals surface area (Å²) in [6.07, 6.45) is 0. The standard InChI is InChI=1S/C8H22N2Si2/c1-9-6-7-12(5,10(9)2)8-11(3)4/h11H,6-8H2,1-5H3. The molecule has 0 aliphatic carbocycles. The Morgan fingerprint density at radius 2 is 1.92 bits per heavy atom. The zero-order valence-corrected chi connectivity index (χ0v) is 11.2. The van der Waals surface area contributed by atoms with Crippen molar-refractivity contribution in [3.8, 4) is 0 Å². The summed E-state index contributed by atoms with van der Waals surface area (Å²) in [6.45, 7) is 8.79. The highest BCUT2D eigenvalue weighted by atomic mass is 28.4. The highest BCUT2D eigenvalue weighted by Gasteiger charge is 2.40. The molecule has 1 saturated heterocycles. The summed E-state index contributed by atoms with van der Waals surface area (Å²) in [5.74, 6) is 0. The van der Waals surface area contributed by atoms with E-state index in [1.165, 1.54) is 12.6 Å². The highest BCUT2D eigenvalue weighted by molar-refractivity contribution is 6.87. The maximum absolute atomic E-state index is 2.57. The Labute approximate surface area is 79.2 Å². The molecule has 12 heavy (non-hydrogen) atoms. The molecule has 1 aliphatic rings.